The van der Waals surface area contributed by atoms with E-state index in [-0.39, 0.29) is 16.7 Å². The van der Waals surface area contributed by atoms with Crippen molar-refractivity contribution < 1.29 is 33.0 Å². The van der Waals surface area contributed by atoms with Gasteiger partial charge in [0.05, 0.1) is 24.8 Å². The van der Waals surface area contributed by atoms with Crippen LogP contribution in [0.1, 0.15) is 57.4 Å². The van der Waals surface area contributed by atoms with Gasteiger partial charge in [-0.05, 0) is 67.3 Å². The maximum atomic E-state index is 14.2. The lowest BCUT2D eigenvalue weighted by atomic mass is 9.84. The molecule has 1 atom stereocenters. The monoisotopic (exact) mass is 535 g/mol. The average molecular weight is 536 g/mol. The number of ketones is 1. The van der Waals surface area contributed by atoms with E-state index in [1.54, 1.807) is 42.5 Å². The summed E-state index contributed by atoms with van der Waals surface area (Å²) in [5.41, 5.74) is 1.01. The highest BCUT2D eigenvalue weighted by molar-refractivity contribution is 6.51. The molecular weight excluding hydrogens is 504 g/mol. The minimum absolute atomic E-state index is 0.0241. The highest BCUT2D eigenvalue weighted by Gasteiger charge is 2.47. The number of aliphatic hydroxyl groups is 1. The van der Waals surface area contributed by atoms with Crippen molar-refractivity contribution in [3.63, 3.8) is 0 Å². The molecule has 1 heterocycles. The van der Waals surface area contributed by atoms with Gasteiger partial charge in [-0.15, -0.1) is 0 Å². The van der Waals surface area contributed by atoms with Gasteiger partial charge in [0, 0.05) is 22.9 Å². The van der Waals surface area contributed by atoms with Gasteiger partial charge in [-0.2, -0.15) is 0 Å². The smallest absolute Gasteiger partial charge is 0.300 e. The Hall–Kier alpha value is -4.20. The molecule has 8 heteroatoms. The van der Waals surface area contributed by atoms with Gasteiger partial charge < -0.3 is 14.6 Å². The Labute approximate surface area is 226 Å². The first kappa shape index (κ1) is 27.8. The lowest BCUT2D eigenvalue weighted by Crippen LogP contribution is -2.29. The molecule has 1 fully saturated rings. The average Bonchev–Trinajstić information content (AvgIpc) is 3.15. The third-order valence-corrected chi connectivity index (χ3v) is 6.47. The molecule has 0 radical (unpaired) electrons. The van der Waals surface area contributed by atoms with Crippen molar-refractivity contribution in [1.29, 1.82) is 0 Å². The molecule has 0 aliphatic carbocycles. The fourth-order valence-electron chi connectivity index (χ4n) is 4.69. The zero-order valence-electron chi connectivity index (χ0n) is 22.5. The van der Waals surface area contributed by atoms with E-state index < -0.39 is 35.1 Å². The van der Waals surface area contributed by atoms with Crippen LogP contribution in [0.5, 0.6) is 11.5 Å². The molecule has 204 valence electrons. The lowest BCUT2D eigenvalue weighted by Gasteiger charge is -2.26. The number of aliphatic hydroxyl groups excluding tert-OH is 1. The van der Waals surface area contributed by atoms with Crippen molar-refractivity contribution in [2.75, 3.05) is 18.1 Å². The van der Waals surface area contributed by atoms with Gasteiger partial charge in [0.25, 0.3) is 11.7 Å². The van der Waals surface area contributed by atoms with Crippen molar-refractivity contribution in [2.45, 2.75) is 46.1 Å². The fraction of sp³-hybridized carbons (Fsp3) is 0.290. The van der Waals surface area contributed by atoms with Gasteiger partial charge in [-0.25, -0.2) is 8.78 Å². The summed E-state index contributed by atoms with van der Waals surface area (Å²) in [7, 11) is 0. The number of nitrogens with zero attached hydrogens (tertiary/aromatic N) is 1. The minimum Gasteiger partial charge on any atom is -0.507 e. The third-order valence-electron chi connectivity index (χ3n) is 6.47. The Balaban J connectivity index is 1.96. The van der Waals surface area contributed by atoms with Gasteiger partial charge >= 0.3 is 0 Å². The summed E-state index contributed by atoms with van der Waals surface area (Å²) in [4.78, 5) is 27.9. The molecule has 0 bridgehead atoms. The van der Waals surface area contributed by atoms with Crippen LogP contribution < -0.4 is 14.4 Å². The molecule has 3 aromatic rings. The maximum absolute atomic E-state index is 14.2. The fourth-order valence-corrected chi connectivity index (χ4v) is 4.69. The summed E-state index contributed by atoms with van der Waals surface area (Å²) in [6.07, 6.45) is 0. The second-order valence-electron chi connectivity index (χ2n) is 10.2. The molecule has 1 aliphatic rings. The van der Waals surface area contributed by atoms with Gasteiger partial charge in [0.1, 0.15) is 17.3 Å². The van der Waals surface area contributed by atoms with Crippen LogP contribution >= 0.6 is 0 Å². The van der Waals surface area contributed by atoms with Crippen LogP contribution in [0.4, 0.5) is 14.5 Å². The summed E-state index contributed by atoms with van der Waals surface area (Å²) in [5.74, 6) is -3.44. The van der Waals surface area contributed by atoms with Crippen LogP contribution in [-0.2, 0) is 15.0 Å². The van der Waals surface area contributed by atoms with E-state index in [4.69, 9.17) is 9.47 Å². The number of carbonyl (C=O) groups excluding carboxylic acids is 2. The first-order valence-corrected chi connectivity index (χ1v) is 12.7. The number of anilines is 1. The number of Topliss-reactive ketones (excluding diaryl/α,β-unsaturated/α-hetero) is 1. The third kappa shape index (κ3) is 5.37. The number of ether oxygens (including phenoxy) is 2. The van der Waals surface area contributed by atoms with Gasteiger partial charge in [0.15, 0.2) is 11.6 Å². The second kappa shape index (κ2) is 10.9. The first-order chi connectivity index (χ1) is 18.5. The van der Waals surface area contributed by atoms with Crippen LogP contribution in [0.15, 0.2) is 66.2 Å². The first-order valence-electron chi connectivity index (χ1n) is 12.7. The van der Waals surface area contributed by atoms with Crippen LogP contribution in [0.3, 0.4) is 0 Å². The van der Waals surface area contributed by atoms with E-state index in [1.807, 2.05) is 34.6 Å². The van der Waals surface area contributed by atoms with Crippen molar-refractivity contribution in [3.05, 3.63) is 94.6 Å². The van der Waals surface area contributed by atoms with E-state index in [2.05, 4.69) is 0 Å². The predicted molar refractivity (Wildman–Crippen MR) is 145 cm³/mol. The van der Waals surface area contributed by atoms with Crippen molar-refractivity contribution >= 4 is 23.1 Å². The molecule has 3 aromatic carbocycles. The normalized spacial score (nSPS) is 17.0. The topological polar surface area (TPSA) is 76.1 Å². The highest BCUT2D eigenvalue weighted by atomic mass is 19.2. The van der Waals surface area contributed by atoms with E-state index in [0.717, 1.165) is 22.6 Å². The predicted octanol–water partition coefficient (Wildman–Crippen LogP) is 6.69. The van der Waals surface area contributed by atoms with E-state index >= 15 is 0 Å². The molecule has 1 unspecified atom stereocenters. The summed E-state index contributed by atoms with van der Waals surface area (Å²) >= 11 is 0. The van der Waals surface area contributed by atoms with Gasteiger partial charge in [0.2, 0.25) is 0 Å². The van der Waals surface area contributed by atoms with Crippen molar-refractivity contribution in [3.8, 4) is 11.5 Å². The number of hydrogen-bond donors (Lipinski definition) is 1. The van der Waals surface area contributed by atoms with Crippen LogP contribution in [0, 0.1) is 11.6 Å². The molecule has 0 aromatic heterocycles. The quantitative estimate of drug-likeness (QED) is 0.207. The number of rotatable bonds is 7. The SMILES string of the molecule is CCOc1cccc(C2/C(=C(\O)c3ccc(OCC)c(C(C)(C)C)c3)C(=O)C(=O)N2c2ccc(F)c(F)c2)c1. The van der Waals surface area contributed by atoms with Crippen LogP contribution in [0.25, 0.3) is 5.76 Å². The summed E-state index contributed by atoms with van der Waals surface area (Å²) < 4.78 is 39.4. The second-order valence-corrected chi connectivity index (χ2v) is 10.2. The Bertz CT molecular complexity index is 1460. The largest absolute Gasteiger partial charge is 0.507 e. The Morgan fingerprint density at radius 1 is 0.923 bits per heavy atom. The van der Waals surface area contributed by atoms with E-state index in [0.29, 0.717) is 35.8 Å². The molecule has 4 rings (SSSR count). The Kier molecular flexibility index (Phi) is 7.77. The van der Waals surface area contributed by atoms with Gasteiger partial charge in [-0.3, -0.25) is 14.5 Å². The number of hydrogen-bond acceptors (Lipinski definition) is 5. The molecular formula is C31H31F2NO5. The molecule has 1 amide bonds. The minimum atomic E-state index is -1.17. The van der Waals surface area contributed by atoms with E-state index in [1.165, 1.54) is 6.07 Å². The van der Waals surface area contributed by atoms with Crippen LogP contribution in [0.2, 0.25) is 0 Å². The summed E-state index contributed by atoms with van der Waals surface area (Å²) in [6, 6.07) is 13.7. The summed E-state index contributed by atoms with van der Waals surface area (Å²) in [6.45, 7) is 10.5. The lowest BCUT2D eigenvalue weighted by molar-refractivity contribution is -0.132. The molecule has 39 heavy (non-hydrogen) atoms. The Morgan fingerprint density at radius 3 is 2.28 bits per heavy atom. The highest BCUT2D eigenvalue weighted by Crippen LogP contribution is 2.44. The number of carbonyl (C=O) groups is 2. The Morgan fingerprint density at radius 2 is 1.64 bits per heavy atom. The number of benzene rings is 3. The number of amides is 1. The molecule has 0 saturated carbocycles. The van der Waals surface area contributed by atoms with Crippen molar-refractivity contribution in [1.82, 2.24) is 0 Å². The zero-order chi connectivity index (χ0) is 28.5. The molecule has 1 N–H and O–H groups in total. The van der Waals surface area contributed by atoms with Gasteiger partial charge in [-0.1, -0.05) is 32.9 Å². The maximum Gasteiger partial charge on any atom is 0.300 e. The number of halogens is 2. The molecule has 1 aliphatic heterocycles. The van der Waals surface area contributed by atoms with Crippen molar-refractivity contribution in [2.24, 2.45) is 0 Å². The molecule has 0 spiro atoms. The van der Waals surface area contributed by atoms with Crippen LogP contribution in [-0.4, -0.2) is 30.0 Å². The van der Waals surface area contributed by atoms with E-state index in [9.17, 15) is 23.5 Å². The summed E-state index contributed by atoms with van der Waals surface area (Å²) in [5, 5.41) is 11.6. The molecule has 1 saturated heterocycles. The zero-order valence-corrected chi connectivity index (χ0v) is 22.5. The standard InChI is InChI=1S/C31H31F2NO5/c1-6-38-21-10-8-9-18(15-21)27-26(29(36)30(37)34(27)20-12-13-23(32)24(33)17-20)28(35)19-11-14-25(39-7-2)22(16-19)31(3,4)5/h8-17,27,35H,6-7H2,1-5H3/b28-26+. The molecule has 6 nitrogen and oxygen atoms in total.